The first-order valence-corrected chi connectivity index (χ1v) is 7.45. The maximum atomic E-state index is 13.0. The average Bonchev–Trinajstić information content (AvgIpc) is 2.82. The Morgan fingerprint density at radius 3 is 2.61 bits per heavy atom. The Labute approximate surface area is 134 Å². The summed E-state index contributed by atoms with van der Waals surface area (Å²) in [5.74, 6) is 0.438. The number of fused-ring (bicyclic) bond motifs is 1. The minimum atomic E-state index is -0.289. The number of benzene rings is 2. The van der Waals surface area contributed by atoms with Crippen molar-refractivity contribution < 1.29 is 9.18 Å². The van der Waals surface area contributed by atoms with Crippen molar-refractivity contribution in [3.8, 4) is 0 Å². The predicted molar refractivity (Wildman–Crippen MR) is 87.7 cm³/mol. The zero-order chi connectivity index (χ0) is 16.6. The number of carbonyl (C=O) groups excluding carboxylic acids is 1. The van der Waals surface area contributed by atoms with Gasteiger partial charge in [-0.05, 0) is 49.7 Å². The Morgan fingerprint density at radius 1 is 1.22 bits per heavy atom. The Bertz CT molecular complexity index is 868. The minimum Gasteiger partial charge on any atom is -0.346 e. The highest BCUT2D eigenvalue weighted by atomic mass is 19.1. The fourth-order valence-corrected chi connectivity index (χ4v) is 2.58. The summed E-state index contributed by atoms with van der Waals surface area (Å²) < 4.78 is 14.9. The van der Waals surface area contributed by atoms with Crippen LogP contribution in [0.15, 0.2) is 42.5 Å². The molecule has 4 nitrogen and oxygen atoms in total. The van der Waals surface area contributed by atoms with Gasteiger partial charge in [-0.3, -0.25) is 4.79 Å². The molecule has 0 radical (unpaired) electrons. The van der Waals surface area contributed by atoms with Gasteiger partial charge in [-0.15, -0.1) is 0 Å². The van der Waals surface area contributed by atoms with E-state index in [1.807, 2.05) is 31.5 Å². The summed E-state index contributed by atoms with van der Waals surface area (Å²) >= 11 is 0. The van der Waals surface area contributed by atoms with Gasteiger partial charge in [0.05, 0.1) is 17.1 Å². The predicted octanol–water partition coefficient (Wildman–Crippen LogP) is 3.51. The van der Waals surface area contributed by atoms with Crippen molar-refractivity contribution in [1.29, 1.82) is 0 Å². The molecule has 0 saturated carbocycles. The van der Waals surface area contributed by atoms with Gasteiger partial charge in [-0.1, -0.05) is 12.1 Å². The first kappa shape index (κ1) is 15.2. The van der Waals surface area contributed by atoms with Gasteiger partial charge in [0.1, 0.15) is 11.6 Å². The Kier molecular flexibility index (Phi) is 3.86. The van der Waals surface area contributed by atoms with Gasteiger partial charge >= 0.3 is 0 Å². The number of hydrogen-bond donors (Lipinski definition) is 1. The second kappa shape index (κ2) is 5.83. The van der Waals surface area contributed by atoms with E-state index in [-0.39, 0.29) is 17.8 Å². The van der Waals surface area contributed by atoms with Crippen LogP contribution in [0, 0.1) is 12.7 Å². The topological polar surface area (TPSA) is 46.9 Å². The lowest BCUT2D eigenvalue weighted by Gasteiger charge is -2.14. The van der Waals surface area contributed by atoms with Crippen LogP contribution in [0.25, 0.3) is 11.0 Å². The molecule has 3 rings (SSSR count). The summed E-state index contributed by atoms with van der Waals surface area (Å²) in [5.41, 5.74) is 3.21. The Hall–Kier alpha value is -2.69. The van der Waals surface area contributed by atoms with Crippen LogP contribution >= 0.6 is 0 Å². The van der Waals surface area contributed by atoms with Crippen LogP contribution < -0.4 is 5.32 Å². The van der Waals surface area contributed by atoms with Crippen LogP contribution in [-0.2, 0) is 7.05 Å². The molecule has 1 atom stereocenters. The van der Waals surface area contributed by atoms with Gasteiger partial charge < -0.3 is 9.88 Å². The molecule has 2 aromatic carbocycles. The molecule has 23 heavy (non-hydrogen) atoms. The van der Waals surface area contributed by atoms with E-state index in [4.69, 9.17) is 0 Å². The molecule has 1 amide bonds. The van der Waals surface area contributed by atoms with Crippen molar-refractivity contribution in [3.63, 3.8) is 0 Å². The molecule has 0 aliphatic carbocycles. The van der Waals surface area contributed by atoms with Crippen LogP contribution in [-0.4, -0.2) is 15.5 Å². The normalized spacial score (nSPS) is 12.3. The fourth-order valence-electron chi connectivity index (χ4n) is 2.58. The molecule has 0 aliphatic heterocycles. The number of amides is 1. The van der Waals surface area contributed by atoms with E-state index in [2.05, 4.69) is 10.3 Å². The van der Waals surface area contributed by atoms with Crippen LogP contribution in [0.4, 0.5) is 4.39 Å². The first-order valence-electron chi connectivity index (χ1n) is 7.45. The molecule has 0 bridgehead atoms. The lowest BCUT2D eigenvalue weighted by molar-refractivity contribution is 0.0940. The number of nitrogens with zero attached hydrogens (tertiary/aromatic N) is 2. The van der Waals surface area contributed by atoms with Crippen molar-refractivity contribution >= 4 is 16.9 Å². The Morgan fingerprint density at radius 2 is 1.91 bits per heavy atom. The fraction of sp³-hybridized carbons (Fsp3) is 0.222. The van der Waals surface area contributed by atoms with Gasteiger partial charge in [0.2, 0.25) is 0 Å². The lowest BCUT2D eigenvalue weighted by Crippen LogP contribution is -2.26. The minimum absolute atomic E-state index is 0.174. The maximum absolute atomic E-state index is 13.0. The average molecular weight is 311 g/mol. The SMILES string of the molecule is Cc1nc2cc(C(=O)N[C@H](C)c3ccc(F)cc3)ccc2n1C. The van der Waals surface area contributed by atoms with Crippen molar-refractivity contribution in [1.82, 2.24) is 14.9 Å². The number of aryl methyl sites for hydroxylation is 2. The summed E-state index contributed by atoms with van der Waals surface area (Å²) in [7, 11) is 1.95. The molecular weight excluding hydrogens is 293 g/mol. The molecule has 0 aliphatic rings. The summed E-state index contributed by atoms with van der Waals surface area (Å²) in [5, 5.41) is 2.92. The molecule has 1 aromatic heterocycles. The molecule has 0 unspecified atom stereocenters. The number of aromatic nitrogens is 2. The number of carbonyl (C=O) groups is 1. The summed E-state index contributed by atoms with van der Waals surface area (Å²) in [6.07, 6.45) is 0. The quantitative estimate of drug-likeness (QED) is 0.804. The number of hydrogen-bond acceptors (Lipinski definition) is 2. The molecule has 0 spiro atoms. The van der Waals surface area contributed by atoms with Gasteiger partial charge in [-0.2, -0.15) is 0 Å². The van der Waals surface area contributed by atoms with Crippen molar-refractivity contribution in [2.24, 2.45) is 7.05 Å². The largest absolute Gasteiger partial charge is 0.346 e. The third-order valence-corrected chi connectivity index (χ3v) is 4.08. The summed E-state index contributed by atoms with van der Waals surface area (Å²) in [6, 6.07) is 11.4. The third-order valence-electron chi connectivity index (χ3n) is 4.08. The van der Waals surface area contributed by atoms with Crippen LogP contribution in [0.5, 0.6) is 0 Å². The molecular formula is C18H18FN3O. The molecule has 5 heteroatoms. The first-order chi connectivity index (χ1) is 11.0. The summed E-state index contributed by atoms with van der Waals surface area (Å²) in [6.45, 7) is 3.80. The van der Waals surface area contributed by atoms with Crippen molar-refractivity contribution in [2.75, 3.05) is 0 Å². The molecule has 118 valence electrons. The zero-order valence-corrected chi connectivity index (χ0v) is 13.3. The number of halogens is 1. The van der Waals surface area contributed by atoms with Gasteiger partial charge in [-0.25, -0.2) is 9.37 Å². The van der Waals surface area contributed by atoms with Gasteiger partial charge in [0, 0.05) is 12.6 Å². The van der Waals surface area contributed by atoms with Crippen molar-refractivity contribution in [2.45, 2.75) is 19.9 Å². The van der Waals surface area contributed by atoms with E-state index in [0.29, 0.717) is 5.56 Å². The van der Waals surface area contributed by atoms with E-state index in [9.17, 15) is 9.18 Å². The number of imidazole rings is 1. The lowest BCUT2D eigenvalue weighted by atomic mass is 10.1. The van der Waals surface area contributed by atoms with Gasteiger partial charge in [0.25, 0.3) is 5.91 Å². The second-order valence-corrected chi connectivity index (χ2v) is 5.67. The standard InChI is InChI=1S/C18H18FN3O/c1-11(13-4-7-15(19)8-5-13)20-18(23)14-6-9-17-16(10-14)21-12(2)22(17)3/h4-11H,1-3H3,(H,20,23)/t11-/m1/s1. The van der Waals surface area contributed by atoms with Crippen LogP contribution in [0.1, 0.15) is 34.7 Å². The van der Waals surface area contributed by atoms with Crippen LogP contribution in [0.2, 0.25) is 0 Å². The molecule has 1 heterocycles. The van der Waals surface area contributed by atoms with Gasteiger partial charge in [0.15, 0.2) is 0 Å². The smallest absolute Gasteiger partial charge is 0.251 e. The molecule has 0 saturated heterocycles. The monoisotopic (exact) mass is 311 g/mol. The number of rotatable bonds is 3. The second-order valence-electron chi connectivity index (χ2n) is 5.67. The number of nitrogens with one attached hydrogen (secondary N) is 1. The molecule has 3 aromatic rings. The summed E-state index contributed by atoms with van der Waals surface area (Å²) in [4.78, 5) is 16.9. The van der Waals surface area contributed by atoms with E-state index in [1.54, 1.807) is 24.3 Å². The van der Waals surface area contributed by atoms with E-state index >= 15 is 0 Å². The zero-order valence-electron chi connectivity index (χ0n) is 13.3. The van der Waals surface area contributed by atoms with E-state index < -0.39 is 0 Å². The molecule has 0 fully saturated rings. The van der Waals surface area contributed by atoms with E-state index in [0.717, 1.165) is 22.4 Å². The van der Waals surface area contributed by atoms with E-state index in [1.165, 1.54) is 12.1 Å². The Balaban J connectivity index is 1.81. The highest BCUT2D eigenvalue weighted by molar-refractivity contribution is 5.97. The molecule has 1 N–H and O–H groups in total. The third kappa shape index (κ3) is 2.95. The highest BCUT2D eigenvalue weighted by Crippen LogP contribution is 2.18. The van der Waals surface area contributed by atoms with Crippen molar-refractivity contribution in [3.05, 3.63) is 65.2 Å². The maximum Gasteiger partial charge on any atom is 0.251 e. The highest BCUT2D eigenvalue weighted by Gasteiger charge is 2.13. The van der Waals surface area contributed by atoms with Crippen LogP contribution in [0.3, 0.4) is 0 Å².